The van der Waals surface area contributed by atoms with Gasteiger partial charge in [0.05, 0.1) is 24.3 Å². The van der Waals surface area contributed by atoms with Crippen molar-refractivity contribution < 1.29 is 19.4 Å². The van der Waals surface area contributed by atoms with E-state index in [1.165, 1.54) is 7.11 Å². The first-order chi connectivity index (χ1) is 12.9. The van der Waals surface area contributed by atoms with Crippen LogP contribution in [-0.2, 0) is 16.1 Å². The third kappa shape index (κ3) is 3.35. The van der Waals surface area contributed by atoms with Crippen molar-refractivity contribution in [1.29, 1.82) is 0 Å². The molecule has 3 fully saturated rings. The van der Waals surface area contributed by atoms with Crippen molar-refractivity contribution in [1.82, 2.24) is 14.7 Å². The molecule has 1 aromatic rings. The molecule has 0 bridgehead atoms. The highest BCUT2D eigenvalue weighted by Crippen LogP contribution is 2.39. The van der Waals surface area contributed by atoms with Crippen LogP contribution in [0.5, 0.6) is 0 Å². The fourth-order valence-corrected chi connectivity index (χ4v) is 4.98. The summed E-state index contributed by atoms with van der Waals surface area (Å²) in [6.07, 6.45) is 0.487. The van der Waals surface area contributed by atoms with Gasteiger partial charge in [-0.2, -0.15) is 0 Å². The number of methoxy groups -OCH3 is 1. The Morgan fingerprint density at radius 3 is 2.74 bits per heavy atom. The average Bonchev–Trinajstić information content (AvgIpc) is 2.98. The van der Waals surface area contributed by atoms with E-state index in [-0.39, 0.29) is 23.5 Å². The smallest absolute Gasteiger partial charge is 0.337 e. The van der Waals surface area contributed by atoms with Gasteiger partial charge >= 0.3 is 5.97 Å². The first-order valence-electron chi connectivity index (χ1n) is 9.50. The summed E-state index contributed by atoms with van der Waals surface area (Å²) < 4.78 is 4.82. The van der Waals surface area contributed by atoms with Crippen molar-refractivity contribution >= 4 is 11.9 Å². The molecule has 1 amide bonds. The summed E-state index contributed by atoms with van der Waals surface area (Å²) in [5.41, 5.74) is 1.57. The predicted molar refractivity (Wildman–Crippen MR) is 99.2 cm³/mol. The topological polar surface area (TPSA) is 73.3 Å². The molecule has 0 unspecified atom stereocenters. The molecule has 7 nitrogen and oxygen atoms in total. The summed E-state index contributed by atoms with van der Waals surface area (Å²) >= 11 is 0. The molecular weight excluding hydrogens is 346 g/mol. The molecule has 27 heavy (non-hydrogen) atoms. The van der Waals surface area contributed by atoms with Gasteiger partial charge in [0.25, 0.3) is 0 Å². The number of hydrogen-bond donors (Lipinski definition) is 1. The zero-order valence-corrected chi connectivity index (χ0v) is 15.9. The third-order valence-corrected chi connectivity index (χ3v) is 6.16. The second kappa shape index (κ2) is 6.89. The third-order valence-electron chi connectivity index (χ3n) is 6.16. The Balaban J connectivity index is 1.51. The number of ether oxygens (including phenoxy) is 1. The van der Waals surface area contributed by atoms with Crippen molar-refractivity contribution in [3.63, 3.8) is 0 Å². The number of fused-ring (bicyclic) bond motifs is 2. The maximum atomic E-state index is 11.8. The molecule has 1 N–H and O–H groups in total. The number of aliphatic hydroxyl groups excluding tert-OH is 1. The molecule has 0 radical (unpaired) electrons. The van der Waals surface area contributed by atoms with E-state index in [2.05, 4.69) is 9.80 Å². The lowest BCUT2D eigenvalue weighted by Gasteiger charge is -2.60. The summed E-state index contributed by atoms with van der Waals surface area (Å²) in [6.45, 7) is 6.26. The molecule has 146 valence electrons. The lowest BCUT2D eigenvalue weighted by Crippen LogP contribution is -2.78. The van der Waals surface area contributed by atoms with E-state index in [9.17, 15) is 14.7 Å². The van der Waals surface area contributed by atoms with Crippen molar-refractivity contribution in [2.45, 2.75) is 37.6 Å². The number of piperazine rings is 1. The normalized spacial score (nSPS) is 27.3. The lowest BCUT2D eigenvalue weighted by molar-refractivity contribution is -0.154. The second-order valence-corrected chi connectivity index (χ2v) is 8.16. The Kier molecular flexibility index (Phi) is 4.70. The van der Waals surface area contributed by atoms with E-state index in [1.54, 1.807) is 13.0 Å². The van der Waals surface area contributed by atoms with Crippen molar-refractivity contribution in [2.24, 2.45) is 0 Å². The molecule has 0 aromatic heterocycles. The van der Waals surface area contributed by atoms with Gasteiger partial charge in [0, 0.05) is 52.2 Å². The first-order valence-corrected chi connectivity index (χ1v) is 9.50. The molecule has 7 heteroatoms. The molecule has 0 saturated carbocycles. The van der Waals surface area contributed by atoms with E-state index in [1.807, 2.05) is 23.1 Å². The van der Waals surface area contributed by atoms with Gasteiger partial charge in [-0.25, -0.2) is 4.79 Å². The van der Waals surface area contributed by atoms with Crippen LogP contribution in [0.2, 0.25) is 0 Å². The van der Waals surface area contributed by atoms with Crippen LogP contribution in [0.3, 0.4) is 0 Å². The van der Waals surface area contributed by atoms with Crippen LogP contribution in [0, 0.1) is 0 Å². The molecular formula is C20H27N3O4. The fraction of sp³-hybridized carbons (Fsp3) is 0.600. The number of likely N-dealkylation sites (tertiary alicyclic amines) is 1. The molecule has 2 atom stereocenters. The maximum Gasteiger partial charge on any atom is 0.337 e. The van der Waals surface area contributed by atoms with Gasteiger partial charge in [-0.3, -0.25) is 14.6 Å². The Bertz CT molecular complexity index is 746. The van der Waals surface area contributed by atoms with E-state index in [4.69, 9.17) is 4.74 Å². The van der Waals surface area contributed by atoms with Gasteiger partial charge in [-0.1, -0.05) is 12.1 Å². The Hall–Kier alpha value is -1.96. The van der Waals surface area contributed by atoms with E-state index in [0.29, 0.717) is 18.2 Å². The summed E-state index contributed by atoms with van der Waals surface area (Å²) in [7, 11) is 1.39. The Morgan fingerprint density at radius 2 is 2.04 bits per heavy atom. The number of benzene rings is 1. The van der Waals surface area contributed by atoms with Gasteiger partial charge in [0.1, 0.15) is 0 Å². The van der Waals surface area contributed by atoms with Crippen LogP contribution in [0.25, 0.3) is 0 Å². The predicted octanol–water partition coefficient (Wildman–Crippen LogP) is 0.325. The van der Waals surface area contributed by atoms with Crippen LogP contribution in [0.1, 0.15) is 29.3 Å². The highest BCUT2D eigenvalue weighted by Gasteiger charge is 2.56. The lowest BCUT2D eigenvalue weighted by atomic mass is 9.83. The van der Waals surface area contributed by atoms with Crippen LogP contribution < -0.4 is 0 Å². The number of carbonyl (C=O) groups excluding carboxylic acids is 2. The van der Waals surface area contributed by atoms with Crippen LogP contribution in [0.4, 0.5) is 0 Å². The van der Waals surface area contributed by atoms with Gasteiger partial charge in [0.2, 0.25) is 5.91 Å². The van der Waals surface area contributed by atoms with Crippen LogP contribution >= 0.6 is 0 Å². The van der Waals surface area contributed by atoms with Gasteiger partial charge in [-0.05, 0) is 24.1 Å². The number of nitrogens with zero attached hydrogens (tertiary/aromatic N) is 3. The number of β-amino-alcohol motifs (C(OH)–C–C–N with tert-alkyl or cyclic N) is 1. The fourth-order valence-electron chi connectivity index (χ4n) is 4.98. The number of amides is 1. The standard InChI is InChI=1S/C20H27N3O4/c1-14(24)22-12-20(13-22)11-21(9-17-7-18(25)10-23(17)20)8-15-4-3-5-16(6-15)19(26)27-2/h3-6,17-18,25H,7-13H2,1-2H3/t17-,18+/m0/s1. The molecule has 3 heterocycles. The minimum atomic E-state index is -0.326. The maximum absolute atomic E-state index is 11.8. The summed E-state index contributed by atoms with van der Waals surface area (Å²) in [5, 5.41) is 10.2. The number of carbonyl (C=O) groups is 2. The number of hydrogen-bond acceptors (Lipinski definition) is 6. The minimum Gasteiger partial charge on any atom is -0.465 e. The highest BCUT2D eigenvalue weighted by molar-refractivity contribution is 5.89. The molecule has 1 aromatic carbocycles. The van der Waals surface area contributed by atoms with Crippen molar-refractivity contribution in [3.8, 4) is 0 Å². The van der Waals surface area contributed by atoms with Gasteiger partial charge in [-0.15, -0.1) is 0 Å². The molecule has 1 spiro atoms. The molecule has 3 saturated heterocycles. The largest absolute Gasteiger partial charge is 0.465 e. The SMILES string of the molecule is COC(=O)c1cccc(CN2C[C@@H]3C[C@@H](O)CN3C3(C2)CN(C(C)=O)C3)c1. The molecule has 3 aliphatic rings. The van der Waals surface area contributed by atoms with E-state index >= 15 is 0 Å². The molecule has 4 rings (SSSR count). The van der Waals surface area contributed by atoms with E-state index in [0.717, 1.165) is 44.7 Å². The van der Waals surface area contributed by atoms with Gasteiger partial charge < -0.3 is 14.7 Å². The monoisotopic (exact) mass is 373 g/mol. The van der Waals surface area contributed by atoms with Crippen molar-refractivity contribution in [2.75, 3.05) is 39.8 Å². The zero-order valence-electron chi connectivity index (χ0n) is 15.9. The molecule has 3 aliphatic heterocycles. The average molecular weight is 373 g/mol. The Morgan fingerprint density at radius 1 is 1.26 bits per heavy atom. The Labute approximate surface area is 159 Å². The summed E-state index contributed by atoms with van der Waals surface area (Å²) in [4.78, 5) is 30.2. The number of rotatable bonds is 3. The molecule has 0 aliphatic carbocycles. The van der Waals surface area contributed by atoms with Crippen LogP contribution in [-0.4, -0.2) is 89.2 Å². The van der Waals surface area contributed by atoms with Crippen molar-refractivity contribution in [3.05, 3.63) is 35.4 Å². The minimum absolute atomic E-state index is 0.0635. The second-order valence-electron chi connectivity index (χ2n) is 8.16. The number of aliphatic hydroxyl groups is 1. The first kappa shape index (κ1) is 18.4. The van der Waals surface area contributed by atoms with Crippen LogP contribution in [0.15, 0.2) is 24.3 Å². The quantitative estimate of drug-likeness (QED) is 0.770. The zero-order chi connectivity index (χ0) is 19.2. The van der Waals surface area contributed by atoms with Gasteiger partial charge in [0.15, 0.2) is 0 Å². The highest BCUT2D eigenvalue weighted by atomic mass is 16.5. The number of esters is 1. The van der Waals surface area contributed by atoms with E-state index < -0.39 is 0 Å². The summed E-state index contributed by atoms with van der Waals surface area (Å²) in [5.74, 6) is -0.215. The summed E-state index contributed by atoms with van der Waals surface area (Å²) in [6, 6.07) is 7.87.